The van der Waals surface area contributed by atoms with Gasteiger partial charge in [-0.25, -0.2) is 4.98 Å². The van der Waals surface area contributed by atoms with Gasteiger partial charge in [-0.15, -0.1) is 0 Å². The molecule has 1 aromatic rings. The van der Waals surface area contributed by atoms with Crippen LogP contribution in [-0.2, 0) is 0 Å². The Morgan fingerprint density at radius 1 is 1.14 bits per heavy atom. The molecular formula is C15H25N5O. The van der Waals surface area contributed by atoms with Gasteiger partial charge in [0, 0.05) is 25.3 Å². The summed E-state index contributed by atoms with van der Waals surface area (Å²) in [6.45, 7) is 3.79. The molecule has 0 bridgehead atoms. The number of aliphatic hydroxyl groups is 1. The minimum atomic E-state index is -0.326. The van der Waals surface area contributed by atoms with Crippen molar-refractivity contribution in [3.8, 4) is 0 Å². The zero-order valence-corrected chi connectivity index (χ0v) is 12.5. The van der Waals surface area contributed by atoms with Gasteiger partial charge in [-0.3, -0.25) is 4.90 Å². The molecular weight excluding hydrogens is 266 g/mol. The van der Waals surface area contributed by atoms with E-state index in [0.29, 0.717) is 12.6 Å². The highest BCUT2D eigenvalue weighted by Crippen LogP contribution is 2.23. The second-order valence-electron chi connectivity index (χ2n) is 6.09. The molecule has 0 radical (unpaired) electrons. The van der Waals surface area contributed by atoms with Crippen molar-refractivity contribution in [3.05, 3.63) is 12.3 Å². The first-order valence-corrected chi connectivity index (χ1v) is 7.99. The Kier molecular flexibility index (Phi) is 4.55. The molecule has 0 spiro atoms. The van der Waals surface area contributed by atoms with Gasteiger partial charge >= 0.3 is 0 Å². The van der Waals surface area contributed by atoms with Crippen molar-refractivity contribution in [1.29, 1.82) is 0 Å². The van der Waals surface area contributed by atoms with Gasteiger partial charge in [0.15, 0.2) is 0 Å². The first-order chi connectivity index (χ1) is 10.2. The highest BCUT2D eigenvalue weighted by atomic mass is 16.3. The molecule has 1 aromatic heterocycles. The second-order valence-corrected chi connectivity index (χ2v) is 6.09. The first kappa shape index (κ1) is 14.5. The number of hydrogen-bond donors (Lipinski definition) is 2. The van der Waals surface area contributed by atoms with Crippen molar-refractivity contribution in [2.45, 2.75) is 44.2 Å². The van der Waals surface area contributed by atoms with E-state index in [1.165, 1.54) is 25.7 Å². The standard InChI is InChI=1S/C15H25N5O/c16-15-17-7-5-14(18-15)20-10-6-12(13(21)11-20)19-8-3-1-2-4-9-19/h5,7,12-13,21H,1-4,6,8-11H2,(H2,16,17,18)/t12-,13-/m1/s1. The molecule has 0 saturated carbocycles. The predicted molar refractivity (Wildman–Crippen MR) is 83.1 cm³/mol. The lowest BCUT2D eigenvalue weighted by atomic mass is 9.99. The number of hydrogen-bond acceptors (Lipinski definition) is 6. The molecule has 116 valence electrons. The van der Waals surface area contributed by atoms with Crippen LogP contribution >= 0.6 is 0 Å². The van der Waals surface area contributed by atoms with E-state index in [1.807, 2.05) is 6.07 Å². The van der Waals surface area contributed by atoms with Crippen molar-refractivity contribution < 1.29 is 5.11 Å². The van der Waals surface area contributed by atoms with E-state index in [4.69, 9.17) is 5.73 Å². The second kappa shape index (κ2) is 6.58. The van der Waals surface area contributed by atoms with Gasteiger partial charge in [0.05, 0.1) is 6.10 Å². The summed E-state index contributed by atoms with van der Waals surface area (Å²) in [5.41, 5.74) is 5.64. The number of piperidine rings is 1. The van der Waals surface area contributed by atoms with Crippen molar-refractivity contribution in [2.24, 2.45) is 0 Å². The summed E-state index contributed by atoms with van der Waals surface area (Å²) in [5, 5.41) is 10.6. The molecule has 2 atom stereocenters. The minimum Gasteiger partial charge on any atom is -0.390 e. The van der Waals surface area contributed by atoms with Crippen molar-refractivity contribution in [3.63, 3.8) is 0 Å². The molecule has 0 aromatic carbocycles. The zero-order chi connectivity index (χ0) is 14.7. The molecule has 0 amide bonds. The number of anilines is 2. The molecule has 3 rings (SSSR count). The van der Waals surface area contributed by atoms with Crippen molar-refractivity contribution in [2.75, 3.05) is 36.8 Å². The molecule has 0 unspecified atom stereocenters. The SMILES string of the molecule is Nc1nccc(N2CC[C@@H](N3CCCCCC3)[C@H](O)C2)n1. The average molecular weight is 291 g/mol. The van der Waals surface area contributed by atoms with E-state index in [-0.39, 0.29) is 12.1 Å². The first-order valence-electron chi connectivity index (χ1n) is 7.99. The highest BCUT2D eigenvalue weighted by molar-refractivity contribution is 5.41. The number of nitrogen functional groups attached to an aromatic ring is 1. The average Bonchev–Trinajstić information content (AvgIpc) is 2.76. The Labute approximate surface area is 126 Å². The highest BCUT2D eigenvalue weighted by Gasteiger charge is 2.32. The number of nitrogens with zero attached hydrogens (tertiary/aromatic N) is 4. The summed E-state index contributed by atoms with van der Waals surface area (Å²) < 4.78 is 0. The van der Waals surface area contributed by atoms with Crippen molar-refractivity contribution >= 4 is 11.8 Å². The molecule has 3 heterocycles. The van der Waals surface area contributed by atoms with Crippen LogP contribution < -0.4 is 10.6 Å². The van der Waals surface area contributed by atoms with Gasteiger partial charge in [-0.1, -0.05) is 12.8 Å². The number of β-amino-alcohol motifs (C(OH)–C–C–N with tert-alkyl or cyclic N) is 1. The van der Waals surface area contributed by atoms with Gasteiger partial charge in [0.1, 0.15) is 5.82 Å². The maximum absolute atomic E-state index is 10.6. The van der Waals surface area contributed by atoms with E-state index in [1.54, 1.807) is 6.20 Å². The fourth-order valence-corrected chi connectivity index (χ4v) is 3.52. The Hall–Kier alpha value is -1.40. The molecule has 3 N–H and O–H groups in total. The fraction of sp³-hybridized carbons (Fsp3) is 0.733. The van der Waals surface area contributed by atoms with Crippen LogP contribution in [0.2, 0.25) is 0 Å². The molecule has 21 heavy (non-hydrogen) atoms. The van der Waals surface area contributed by atoms with Crippen LogP contribution in [0.25, 0.3) is 0 Å². The van der Waals surface area contributed by atoms with Gasteiger partial charge in [-0.2, -0.15) is 4.98 Å². The molecule has 6 heteroatoms. The van der Waals surface area contributed by atoms with Crippen LogP contribution in [0.5, 0.6) is 0 Å². The summed E-state index contributed by atoms with van der Waals surface area (Å²) >= 11 is 0. The molecule has 2 fully saturated rings. The maximum atomic E-state index is 10.6. The number of aliphatic hydroxyl groups excluding tert-OH is 1. The Balaban J connectivity index is 1.63. The summed E-state index contributed by atoms with van der Waals surface area (Å²) in [7, 11) is 0. The fourth-order valence-electron chi connectivity index (χ4n) is 3.52. The quantitative estimate of drug-likeness (QED) is 0.842. The lowest BCUT2D eigenvalue weighted by molar-refractivity contribution is 0.0383. The third-order valence-electron chi connectivity index (χ3n) is 4.64. The van der Waals surface area contributed by atoms with E-state index in [2.05, 4.69) is 19.8 Å². The normalized spacial score (nSPS) is 28.3. The zero-order valence-electron chi connectivity index (χ0n) is 12.5. The summed E-state index contributed by atoms with van der Waals surface area (Å²) in [4.78, 5) is 12.8. The monoisotopic (exact) mass is 291 g/mol. The predicted octanol–water partition coefficient (Wildman–Crippen LogP) is 0.874. The van der Waals surface area contributed by atoms with Gasteiger partial charge in [0.25, 0.3) is 0 Å². The molecule has 6 nitrogen and oxygen atoms in total. The minimum absolute atomic E-state index is 0.289. The van der Waals surface area contributed by atoms with Crippen LogP contribution in [0.15, 0.2) is 12.3 Å². The van der Waals surface area contributed by atoms with Crippen LogP contribution in [0.4, 0.5) is 11.8 Å². The topological polar surface area (TPSA) is 78.5 Å². The number of nitrogens with two attached hydrogens (primary N) is 1. The molecule has 2 saturated heterocycles. The third kappa shape index (κ3) is 3.44. The van der Waals surface area contributed by atoms with Crippen LogP contribution in [0, 0.1) is 0 Å². The smallest absolute Gasteiger partial charge is 0.221 e. The van der Waals surface area contributed by atoms with E-state index < -0.39 is 0 Å². The molecule has 2 aliphatic rings. The van der Waals surface area contributed by atoms with E-state index in [9.17, 15) is 5.11 Å². The maximum Gasteiger partial charge on any atom is 0.221 e. The van der Waals surface area contributed by atoms with Crippen LogP contribution in [-0.4, -0.2) is 58.3 Å². The van der Waals surface area contributed by atoms with Crippen molar-refractivity contribution in [1.82, 2.24) is 14.9 Å². The largest absolute Gasteiger partial charge is 0.390 e. The number of rotatable bonds is 2. The molecule has 0 aliphatic carbocycles. The van der Waals surface area contributed by atoms with E-state index >= 15 is 0 Å². The number of likely N-dealkylation sites (tertiary alicyclic amines) is 1. The Bertz CT molecular complexity index is 461. The van der Waals surface area contributed by atoms with E-state index in [0.717, 1.165) is 31.9 Å². The third-order valence-corrected chi connectivity index (χ3v) is 4.64. The van der Waals surface area contributed by atoms with Gasteiger partial charge in [-0.05, 0) is 38.4 Å². The number of aromatic nitrogens is 2. The van der Waals surface area contributed by atoms with Crippen LogP contribution in [0.3, 0.4) is 0 Å². The summed E-state index contributed by atoms with van der Waals surface area (Å²) in [6, 6.07) is 2.15. The van der Waals surface area contributed by atoms with Crippen LogP contribution in [0.1, 0.15) is 32.1 Å². The Morgan fingerprint density at radius 2 is 1.90 bits per heavy atom. The lowest BCUT2D eigenvalue weighted by Crippen LogP contribution is -2.54. The summed E-state index contributed by atoms with van der Waals surface area (Å²) in [5.74, 6) is 1.10. The van der Waals surface area contributed by atoms with Gasteiger partial charge in [0.2, 0.25) is 5.95 Å². The lowest BCUT2D eigenvalue weighted by Gasteiger charge is -2.41. The Morgan fingerprint density at radius 3 is 2.57 bits per heavy atom. The summed E-state index contributed by atoms with van der Waals surface area (Å²) in [6.07, 6.45) is 7.49. The van der Waals surface area contributed by atoms with Gasteiger partial charge < -0.3 is 15.7 Å². The molecule has 2 aliphatic heterocycles.